The van der Waals surface area contributed by atoms with Crippen molar-refractivity contribution in [2.24, 2.45) is 0 Å². The van der Waals surface area contributed by atoms with Gasteiger partial charge in [0, 0.05) is 5.02 Å². The average molecular weight is 279 g/mol. The Morgan fingerprint density at radius 1 is 0.500 bits per heavy atom. The van der Waals surface area contributed by atoms with Gasteiger partial charge in [-0.2, -0.15) is 0 Å². The van der Waals surface area contributed by atoms with Crippen molar-refractivity contribution in [3.8, 4) is 22.3 Å². The molecule has 0 radical (unpaired) electrons. The van der Waals surface area contributed by atoms with E-state index in [1.54, 1.807) is 0 Å². The summed E-state index contributed by atoms with van der Waals surface area (Å²) in [7, 11) is 0. The van der Waals surface area contributed by atoms with Crippen LogP contribution in [0.1, 0.15) is 5.56 Å². The highest BCUT2D eigenvalue weighted by atomic mass is 35.5. The van der Waals surface area contributed by atoms with Crippen molar-refractivity contribution in [3.05, 3.63) is 83.4 Å². The molecule has 3 aromatic carbocycles. The third-order valence-electron chi connectivity index (χ3n) is 3.45. The molecule has 0 aliphatic rings. The van der Waals surface area contributed by atoms with Crippen molar-refractivity contribution in [2.45, 2.75) is 6.92 Å². The van der Waals surface area contributed by atoms with Crippen LogP contribution in [0.4, 0.5) is 0 Å². The minimum atomic E-state index is 0.769. The summed E-state index contributed by atoms with van der Waals surface area (Å²) in [5.74, 6) is 0. The summed E-state index contributed by atoms with van der Waals surface area (Å²) in [4.78, 5) is 0. The Labute approximate surface area is 124 Å². The molecule has 98 valence electrons. The van der Waals surface area contributed by atoms with Gasteiger partial charge in [0.2, 0.25) is 0 Å². The summed E-state index contributed by atoms with van der Waals surface area (Å²) in [5, 5.41) is 0.769. The highest BCUT2D eigenvalue weighted by molar-refractivity contribution is 6.30. The standard InChI is InChI=1S/C19H15Cl/c1-14-2-4-15(5-3-14)16-6-8-17(9-7-16)18-10-12-19(20)13-11-18/h2-13H,1H3. The predicted molar refractivity (Wildman–Crippen MR) is 87.1 cm³/mol. The Hall–Kier alpha value is -2.05. The number of aryl methyl sites for hydroxylation is 1. The highest BCUT2D eigenvalue weighted by Gasteiger charge is 2.00. The summed E-state index contributed by atoms with van der Waals surface area (Å²) in [6.07, 6.45) is 0. The second kappa shape index (κ2) is 5.52. The first-order chi connectivity index (χ1) is 9.72. The fourth-order valence-corrected chi connectivity index (χ4v) is 2.37. The Bertz CT molecular complexity index is 628. The first-order valence-corrected chi connectivity index (χ1v) is 7.03. The van der Waals surface area contributed by atoms with E-state index in [1.165, 1.54) is 27.8 Å². The van der Waals surface area contributed by atoms with Gasteiger partial charge in [0.1, 0.15) is 0 Å². The number of rotatable bonds is 2. The molecule has 0 amide bonds. The first kappa shape index (κ1) is 13.0. The molecular formula is C19H15Cl. The van der Waals surface area contributed by atoms with Crippen LogP contribution in [-0.4, -0.2) is 0 Å². The SMILES string of the molecule is Cc1ccc(-c2ccc(-c3ccc(Cl)cc3)cc2)cc1. The molecule has 0 N–H and O–H groups in total. The fraction of sp³-hybridized carbons (Fsp3) is 0.0526. The number of hydrogen-bond donors (Lipinski definition) is 0. The predicted octanol–water partition coefficient (Wildman–Crippen LogP) is 5.98. The Kier molecular flexibility index (Phi) is 3.58. The molecule has 1 heteroatoms. The van der Waals surface area contributed by atoms with Crippen molar-refractivity contribution in [3.63, 3.8) is 0 Å². The topological polar surface area (TPSA) is 0 Å². The largest absolute Gasteiger partial charge is 0.0843 e. The molecule has 3 rings (SSSR count). The molecule has 0 spiro atoms. The van der Waals surface area contributed by atoms with Crippen LogP contribution < -0.4 is 0 Å². The molecule has 0 nitrogen and oxygen atoms in total. The van der Waals surface area contributed by atoms with Gasteiger partial charge in [-0.15, -0.1) is 0 Å². The van der Waals surface area contributed by atoms with Crippen LogP contribution in [0.25, 0.3) is 22.3 Å². The van der Waals surface area contributed by atoms with E-state index in [4.69, 9.17) is 11.6 Å². The molecule has 0 atom stereocenters. The van der Waals surface area contributed by atoms with Crippen molar-refractivity contribution in [1.82, 2.24) is 0 Å². The van der Waals surface area contributed by atoms with E-state index in [2.05, 4.69) is 55.5 Å². The molecule has 0 aliphatic heterocycles. The third-order valence-corrected chi connectivity index (χ3v) is 3.70. The summed E-state index contributed by atoms with van der Waals surface area (Å²) >= 11 is 5.92. The van der Waals surface area contributed by atoms with Crippen LogP contribution >= 0.6 is 11.6 Å². The van der Waals surface area contributed by atoms with Gasteiger partial charge in [-0.25, -0.2) is 0 Å². The van der Waals surface area contributed by atoms with Gasteiger partial charge < -0.3 is 0 Å². The summed E-state index contributed by atoms with van der Waals surface area (Å²) in [6.45, 7) is 2.10. The van der Waals surface area contributed by atoms with Crippen molar-refractivity contribution < 1.29 is 0 Å². The minimum Gasteiger partial charge on any atom is -0.0843 e. The lowest BCUT2D eigenvalue weighted by Crippen LogP contribution is -1.81. The maximum absolute atomic E-state index is 5.92. The monoisotopic (exact) mass is 278 g/mol. The number of hydrogen-bond acceptors (Lipinski definition) is 0. The lowest BCUT2D eigenvalue weighted by atomic mass is 10.00. The van der Waals surface area contributed by atoms with Crippen molar-refractivity contribution >= 4 is 11.6 Å². The van der Waals surface area contributed by atoms with Gasteiger partial charge in [-0.05, 0) is 41.3 Å². The fourth-order valence-electron chi connectivity index (χ4n) is 2.24. The quantitative estimate of drug-likeness (QED) is 0.541. The molecule has 0 heterocycles. The van der Waals surface area contributed by atoms with E-state index in [9.17, 15) is 0 Å². The van der Waals surface area contributed by atoms with E-state index in [-0.39, 0.29) is 0 Å². The highest BCUT2D eigenvalue weighted by Crippen LogP contribution is 2.25. The van der Waals surface area contributed by atoms with Gasteiger partial charge in [0.05, 0.1) is 0 Å². The average Bonchev–Trinajstić information content (AvgIpc) is 2.49. The van der Waals surface area contributed by atoms with Gasteiger partial charge >= 0.3 is 0 Å². The van der Waals surface area contributed by atoms with E-state index in [0.717, 1.165) is 5.02 Å². The van der Waals surface area contributed by atoms with Crippen molar-refractivity contribution in [2.75, 3.05) is 0 Å². The van der Waals surface area contributed by atoms with Crippen LogP contribution in [0.5, 0.6) is 0 Å². The Morgan fingerprint density at radius 3 is 1.20 bits per heavy atom. The van der Waals surface area contributed by atoms with Crippen LogP contribution in [0.15, 0.2) is 72.8 Å². The molecule has 0 saturated heterocycles. The zero-order valence-corrected chi connectivity index (χ0v) is 12.1. The molecule has 0 bridgehead atoms. The van der Waals surface area contributed by atoms with Gasteiger partial charge in [0.25, 0.3) is 0 Å². The van der Waals surface area contributed by atoms with Gasteiger partial charge in [0.15, 0.2) is 0 Å². The maximum Gasteiger partial charge on any atom is 0.0406 e. The zero-order valence-electron chi connectivity index (χ0n) is 11.3. The number of benzene rings is 3. The molecule has 0 aliphatic carbocycles. The second-order valence-corrected chi connectivity index (χ2v) is 5.39. The van der Waals surface area contributed by atoms with Gasteiger partial charge in [-0.3, -0.25) is 0 Å². The maximum atomic E-state index is 5.92. The van der Waals surface area contributed by atoms with Crippen molar-refractivity contribution in [1.29, 1.82) is 0 Å². The van der Waals surface area contributed by atoms with Crippen LogP contribution in [0.3, 0.4) is 0 Å². The lowest BCUT2D eigenvalue weighted by molar-refractivity contribution is 1.47. The van der Waals surface area contributed by atoms with Crippen LogP contribution in [0, 0.1) is 6.92 Å². The normalized spacial score (nSPS) is 10.5. The number of halogens is 1. The Balaban J connectivity index is 1.91. The lowest BCUT2D eigenvalue weighted by Gasteiger charge is -2.05. The summed E-state index contributed by atoms with van der Waals surface area (Å²) in [6, 6.07) is 25.2. The van der Waals surface area contributed by atoms with Crippen LogP contribution in [-0.2, 0) is 0 Å². The van der Waals surface area contributed by atoms with Gasteiger partial charge in [-0.1, -0.05) is 77.8 Å². The molecule has 0 unspecified atom stereocenters. The summed E-state index contributed by atoms with van der Waals surface area (Å²) in [5.41, 5.74) is 6.16. The first-order valence-electron chi connectivity index (χ1n) is 6.65. The third kappa shape index (κ3) is 2.76. The van der Waals surface area contributed by atoms with E-state index in [0.29, 0.717) is 0 Å². The second-order valence-electron chi connectivity index (χ2n) is 4.95. The van der Waals surface area contributed by atoms with E-state index >= 15 is 0 Å². The van der Waals surface area contributed by atoms with Crippen LogP contribution in [0.2, 0.25) is 5.02 Å². The molecule has 0 aromatic heterocycles. The molecule has 0 fully saturated rings. The molecule has 0 saturated carbocycles. The summed E-state index contributed by atoms with van der Waals surface area (Å²) < 4.78 is 0. The minimum absolute atomic E-state index is 0.769. The molecule has 20 heavy (non-hydrogen) atoms. The molecular weight excluding hydrogens is 264 g/mol. The van der Waals surface area contributed by atoms with E-state index < -0.39 is 0 Å². The smallest absolute Gasteiger partial charge is 0.0406 e. The van der Waals surface area contributed by atoms with E-state index in [1.807, 2.05) is 24.3 Å². The Morgan fingerprint density at radius 2 is 0.800 bits per heavy atom. The zero-order chi connectivity index (χ0) is 13.9. The molecule has 3 aromatic rings.